The van der Waals surface area contributed by atoms with Gasteiger partial charge in [0.15, 0.2) is 5.82 Å². The number of H-pyrrole nitrogens is 1. The number of halogens is 1. The van der Waals surface area contributed by atoms with E-state index in [9.17, 15) is 4.79 Å². The molecule has 25 heavy (non-hydrogen) atoms. The van der Waals surface area contributed by atoms with Gasteiger partial charge in [-0.1, -0.05) is 23.7 Å². The first-order chi connectivity index (χ1) is 12.1. The number of hydrogen-bond acceptors (Lipinski definition) is 3. The fraction of sp³-hybridized carbons (Fsp3) is 0.368. The van der Waals surface area contributed by atoms with Crippen LogP contribution in [0.15, 0.2) is 29.1 Å². The van der Waals surface area contributed by atoms with Crippen molar-refractivity contribution in [1.29, 1.82) is 0 Å². The molecule has 0 bridgehead atoms. The van der Waals surface area contributed by atoms with Crippen LogP contribution in [0, 0.1) is 0 Å². The van der Waals surface area contributed by atoms with Gasteiger partial charge in [0, 0.05) is 15.5 Å². The van der Waals surface area contributed by atoms with E-state index in [1.54, 1.807) is 11.3 Å². The second kappa shape index (κ2) is 6.90. The summed E-state index contributed by atoms with van der Waals surface area (Å²) < 4.78 is 0. The SMILES string of the molecule is C[NH+](Cc1ccc(Cl)cc1)Cc1nc2sc3c(c2c(=O)[nH]1)CCCC3. The van der Waals surface area contributed by atoms with Crippen LogP contribution < -0.4 is 10.5 Å². The number of rotatable bonds is 4. The van der Waals surface area contributed by atoms with Gasteiger partial charge in [0.05, 0.1) is 12.4 Å². The Balaban J connectivity index is 1.57. The number of nitrogens with one attached hydrogen (secondary N) is 2. The molecule has 0 fully saturated rings. The number of thiophene rings is 1. The minimum absolute atomic E-state index is 0.0266. The van der Waals surface area contributed by atoms with Crippen molar-refractivity contribution < 1.29 is 4.90 Å². The van der Waals surface area contributed by atoms with Gasteiger partial charge in [0.2, 0.25) is 0 Å². The van der Waals surface area contributed by atoms with Crippen molar-refractivity contribution in [2.45, 2.75) is 38.8 Å². The monoisotopic (exact) mass is 374 g/mol. The molecular weight excluding hydrogens is 354 g/mol. The van der Waals surface area contributed by atoms with Crippen molar-refractivity contribution in [2.75, 3.05) is 7.05 Å². The molecular formula is C19H21ClN3OS+. The van der Waals surface area contributed by atoms with Crippen LogP contribution in [0.1, 0.15) is 34.7 Å². The minimum atomic E-state index is 0.0266. The van der Waals surface area contributed by atoms with Gasteiger partial charge in [0.1, 0.15) is 17.9 Å². The Bertz CT molecular complexity index is 961. The Morgan fingerprint density at radius 1 is 1.20 bits per heavy atom. The van der Waals surface area contributed by atoms with Crippen LogP contribution in [0.2, 0.25) is 5.02 Å². The Labute approximate surface area is 155 Å². The maximum Gasteiger partial charge on any atom is 0.260 e. The fourth-order valence-corrected chi connectivity index (χ4v) is 5.00. The highest BCUT2D eigenvalue weighted by Gasteiger charge is 2.20. The average molecular weight is 375 g/mol. The van der Waals surface area contributed by atoms with E-state index < -0.39 is 0 Å². The molecule has 0 saturated heterocycles. The number of hydrogen-bond donors (Lipinski definition) is 2. The standard InChI is InChI=1S/C19H20ClN3OS/c1-23(10-12-6-8-13(20)9-7-12)11-16-21-18(24)17-14-4-2-3-5-15(14)25-19(17)22-16/h6-9H,2-5,10-11H2,1H3,(H,21,22,24)/p+1. The summed E-state index contributed by atoms with van der Waals surface area (Å²) in [7, 11) is 2.11. The predicted molar refractivity (Wildman–Crippen MR) is 103 cm³/mol. The van der Waals surface area contributed by atoms with E-state index >= 15 is 0 Å². The van der Waals surface area contributed by atoms with Gasteiger partial charge in [-0.25, -0.2) is 4.98 Å². The molecule has 0 spiro atoms. The molecule has 0 radical (unpaired) electrons. The molecule has 1 aromatic carbocycles. The molecule has 1 atom stereocenters. The quantitative estimate of drug-likeness (QED) is 0.737. The molecule has 0 amide bonds. The first-order valence-electron chi connectivity index (χ1n) is 8.69. The maximum atomic E-state index is 12.6. The lowest BCUT2D eigenvalue weighted by Crippen LogP contribution is -3.06. The van der Waals surface area contributed by atoms with Crippen LogP contribution >= 0.6 is 22.9 Å². The Hall–Kier alpha value is -1.69. The zero-order valence-corrected chi connectivity index (χ0v) is 15.8. The van der Waals surface area contributed by atoms with Crippen LogP contribution in [-0.4, -0.2) is 17.0 Å². The lowest BCUT2D eigenvalue weighted by atomic mass is 9.97. The normalized spacial score (nSPS) is 15.3. The van der Waals surface area contributed by atoms with Gasteiger partial charge >= 0.3 is 0 Å². The third-order valence-corrected chi connectivity index (χ3v) is 6.20. The predicted octanol–water partition coefficient (Wildman–Crippen LogP) is 2.73. The van der Waals surface area contributed by atoms with E-state index in [-0.39, 0.29) is 5.56 Å². The summed E-state index contributed by atoms with van der Waals surface area (Å²) in [6, 6.07) is 7.90. The highest BCUT2D eigenvalue weighted by atomic mass is 35.5. The second-order valence-electron chi connectivity index (χ2n) is 6.84. The molecule has 2 N–H and O–H groups in total. The zero-order valence-electron chi connectivity index (χ0n) is 14.2. The third kappa shape index (κ3) is 3.50. The summed E-state index contributed by atoms with van der Waals surface area (Å²) in [6.07, 6.45) is 4.50. The van der Waals surface area contributed by atoms with Gasteiger partial charge < -0.3 is 9.88 Å². The highest BCUT2D eigenvalue weighted by molar-refractivity contribution is 7.18. The Morgan fingerprint density at radius 2 is 1.96 bits per heavy atom. The fourth-order valence-electron chi connectivity index (χ4n) is 3.59. The molecule has 3 aromatic rings. The van der Waals surface area contributed by atoms with E-state index in [0.29, 0.717) is 6.54 Å². The number of aromatic amines is 1. The van der Waals surface area contributed by atoms with Gasteiger partial charge in [0.25, 0.3) is 5.56 Å². The van der Waals surface area contributed by atoms with Crippen LogP contribution in [0.25, 0.3) is 10.2 Å². The van der Waals surface area contributed by atoms with Gasteiger partial charge in [-0.2, -0.15) is 0 Å². The van der Waals surface area contributed by atoms with Gasteiger partial charge in [-0.15, -0.1) is 11.3 Å². The van der Waals surface area contributed by atoms with Crippen molar-refractivity contribution in [3.63, 3.8) is 0 Å². The van der Waals surface area contributed by atoms with Crippen LogP contribution in [0.3, 0.4) is 0 Å². The molecule has 1 aliphatic carbocycles. The maximum absolute atomic E-state index is 12.6. The van der Waals surface area contributed by atoms with Crippen LogP contribution in [0.5, 0.6) is 0 Å². The first kappa shape index (κ1) is 16.8. The second-order valence-corrected chi connectivity index (χ2v) is 8.36. The molecule has 1 aliphatic rings. The molecule has 0 saturated carbocycles. The molecule has 1 unspecified atom stereocenters. The lowest BCUT2D eigenvalue weighted by molar-refractivity contribution is -0.908. The summed E-state index contributed by atoms with van der Waals surface area (Å²) in [5.74, 6) is 0.766. The average Bonchev–Trinajstić information content (AvgIpc) is 2.95. The Kier molecular flexibility index (Phi) is 4.63. The van der Waals surface area contributed by atoms with E-state index in [4.69, 9.17) is 16.6 Å². The van der Waals surface area contributed by atoms with E-state index in [0.717, 1.165) is 40.5 Å². The summed E-state index contributed by atoms with van der Waals surface area (Å²) in [4.78, 5) is 23.9. The van der Waals surface area contributed by atoms with Crippen molar-refractivity contribution in [3.8, 4) is 0 Å². The Morgan fingerprint density at radius 3 is 2.76 bits per heavy atom. The van der Waals surface area contributed by atoms with Gasteiger partial charge in [-0.05, 0) is 43.4 Å². The lowest BCUT2D eigenvalue weighted by Gasteiger charge is -2.13. The van der Waals surface area contributed by atoms with Crippen molar-refractivity contribution in [1.82, 2.24) is 9.97 Å². The molecule has 2 aromatic heterocycles. The topological polar surface area (TPSA) is 50.2 Å². The number of nitrogens with zero attached hydrogens (tertiary/aromatic N) is 1. The summed E-state index contributed by atoms with van der Waals surface area (Å²) >= 11 is 7.64. The number of aryl methyl sites for hydroxylation is 2. The van der Waals surface area contributed by atoms with Gasteiger partial charge in [-0.3, -0.25) is 4.79 Å². The largest absolute Gasteiger partial charge is 0.327 e. The number of fused-ring (bicyclic) bond motifs is 3. The van der Waals surface area contributed by atoms with E-state index in [1.807, 2.05) is 24.3 Å². The number of quaternary nitrogens is 1. The summed E-state index contributed by atoms with van der Waals surface area (Å²) in [6.45, 7) is 1.55. The third-order valence-electron chi connectivity index (χ3n) is 4.76. The van der Waals surface area contributed by atoms with Crippen molar-refractivity contribution in [3.05, 3.63) is 61.5 Å². The number of aromatic nitrogens is 2. The number of benzene rings is 1. The van der Waals surface area contributed by atoms with Crippen molar-refractivity contribution >= 4 is 33.2 Å². The molecule has 130 valence electrons. The summed E-state index contributed by atoms with van der Waals surface area (Å²) in [5.41, 5.74) is 2.49. The molecule has 4 nitrogen and oxygen atoms in total. The molecule has 0 aliphatic heterocycles. The molecule has 6 heteroatoms. The molecule has 2 heterocycles. The van der Waals surface area contributed by atoms with Crippen LogP contribution in [0.4, 0.5) is 0 Å². The first-order valence-corrected chi connectivity index (χ1v) is 9.89. The van der Waals surface area contributed by atoms with E-state index in [1.165, 1.54) is 33.7 Å². The highest BCUT2D eigenvalue weighted by Crippen LogP contribution is 2.33. The van der Waals surface area contributed by atoms with Crippen LogP contribution in [-0.2, 0) is 25.9 Å². The molecule has 4 rings (SSSR count). The summed E-state index contributed by atoms with van der Waals surface area (Å²) in [5, 5.41) is 1.58. The van der Waals surface area contributed by atoms with Crippen molar-refractivity contribution in [2.24, 2.45) is 0 Å². The smallest absolute Gasteiger partial charge is 0.260 e. The minimum Gasteiger partial charge on any atom is -0.327 e. The van der Waals surface area contributed by atoms with E-state index in [2.05, 4.69) is 12.0 Å². The zero-order chi connectivity index (χ0) is 17.4.